The van der Waals surface area contributed by atoms with Gasteiger partial charge in [-0.15, -0.1) is 0 Å². The number of allylic oxidation sites excluding steroid dienone is 8. The van der Waals surface area contributed by atoms with E-state index in [4.69, 9.17) is 0 Å². The average molecular weight is 216 g/mol. The summed E-state index contributed by atoms with van der Waals surface area (Å²) in [5.41, 5.74) is 3.17. The fourth-order valence-electron chi connectivity index (χ4n) is 1.61. The van der Waals surface area contributed by atoms with Crippen LogP contribution in [-0.2, 0) is 0 Å². The van der Waals surface area contributed by atoms with Crippen molar-refractivity contribution in [1.29, 1.82) is 0 Å². The summed E-state index contributed by atoms with van der Waals surface area (Å²) in [5.74, 6) is 0. The molecule has 16 heavy (non-hydrogen) atoms. The minimum absolute atomic E-state index is 0.209. The molecule has 0 bridgehead atoms. The molecule has 0 atom stereocenters. The average Bonchev–Trinajstić information content (AvgIpc) is 1.96. The summed E-state index contributed by atoms with van der Waals surface area (Å²) in [6.45, 7) is 13.5. The molecule has 1 aliphatic rings. The molecule has 1 aliphatic carbocycles. The maximum atomic E-state index is 2.25. The van der Waals surface area contributed by atoms with Gasteiger partial charge in [-0.1, -0.05) is 78.0 Å². The predicted molar refractivity (Wildman–Crippen MR) is 73.4 cm³/mol. The zero-order chi connectivity index (χ0) is 12.4. The van der Waals surface area contributed by atoms with E-state index in [-0.39, 0.29) is 10.8 Å². The first-order chi connectivity index (χ1) is 7.21. The summed E-state index contributed by atoms with van der Waals surface area (Å²) in [4.78, 5) is 0. The molecular weight excluding hydrogens is 192 g/mol. The van der Waals surface area contributed by atoms with Crippen molar-refractivity contribution in [3.05, 3.63) is 47.6 Å². The fourth-order valence-corrected chi connectivity index (χ4v) is 1.61. The molecule has 0 N–H and O–H groups in total. The number of rotatable bonds is 0. The molecule has 0 aromatic heterocycles. The zero-order valence-electron chi connectivity index (χ0n) is 11.5. The summed E-state index contributed by atoms with van der Waals surface area (Å²) >= 11 is 0. The molecule has 0 amide bonds. The highest BCUT2D eigenvalue weighted by atomic mass is 14.2. The van der Waals surface area contributed by atoms with Gasteiger partial charge in [-0.25, -0.2) is 0 Å². The van der Waals surface area contributed by atoms with E-state index in [0.717, 1.165) is 0 Å². The molecule has 0 saturated heterocycles. The molecule has 0 nitrogen and oxygen atoms in total. The van der Waals surface area contributed by atoms with E-state index < -0.39 is 0 Å². The summed E-state index contributed by atoms with van der Waals surface area (Å²) in [6, 6.07) is 0. The van der Waals surface area contributed by atoms with Crippen LogP contribution in [0.2, 0.25) is 0 Å². The molecule has 0 aromatic rings. The van der Waals surface area contributed by atoms with Gasteiger partial charge < -0.3 is 0 Å². The van der Waals surface area contributed by atoms with Gasteiger partial charge in [0.1, 0.15) is 0 Å². The highest BCUT2D eigenvalue weighted by molar-refractivity contribution is 5.39. The lowest BCUT2D eigenvalue weighted by Gasteiger charge is -2.23. The van der Waals surface area contributed by atoms with Gasteiger partial charge in [0.15, 0.2) is 0 Å². The maximum absolute atomic E-state index is 2.25. The summed E-state index contributed by atoms with van der Waals surface area (Å²) < 4.78 is 0. The second kappa shape index (κ2) is 4.45. The highest BCUT2D eigenvalue weighted by Crippen LogP contribution is 2.31. The molecule has 88 valence electrons. The molecule has 0 heterocycles. The molecule has 0 heteroatoms. The van der Waals surface area contributed by atoms with Crippen molar-refractivity contribution in [1.82, 2.24) is 0 Å². The molecular formula is C16H24. The van der Waals surface area contributed by atoms with E-state index in [1.165, 1.54) is 11.1 Å². The Kier molecular flexibility index (Phi) is 3.62. The normalized spacial score (nSPS) is 28.1. The van der Waals surface area contributed by atoms with Gasteiger partial charge in [0.05, 0.1) is 0 Å². The van der Waals surface area contributed by atoms with Gasteiger partial charge in [-0.3, -0.25) is 0 Å². The minimum Gasteiger partial charge on any atom is -0.0620 e. The molecule has 0 aliphatic heterocycles. The van der Waals surface area contributed by atoms with Crippen LogP contribution in [0, 0.1) is 10.8 Å². The smallest absolute Gasteiger partial charge is 0.0132 e. The van der Waals surface area contributed by atoms with Crippen LogP contribution in [-0.4, -0.2) is 0 Å². The lowest BCUT2D eigenvalue weighted by Crippen LogP contribution is -2.10. The first-order valence-corrected chi connectivity index (χ1v) is 5.99. The Bertz CT molecular complexity index is 322. The third kappa shape index (κ3) is 3.52. The first-order valence-electron chi connectivity index (χ1n) is 5.99. The Labute approximate surface area is 100 Å². The van der Waals surface area contributed by atoms with Crippen LogP contribution >= 0.6 is 0 Å². The summed E-state index contributed by atoms with van der Waals surface area (Å²) in [7, 11) is 0. The Hall–Kier alpha value is -1.04. The fraction of sp³-hybridized carbons (Fsp3) is 0.500. The van der Waals surface area contributed by atoms with Gasteiger partial charge in [0.25, 0.3) is 0 Å². The van der Waals surface area contributed by atoms with Crippen molar-refractivity contribution in [3.63, 3.8) is 0 Å². The number of hydrogen-bond donors (Lipinski definition) is 0. The van der Waals surface area contributed by atoms with Crippen LogP contribution in [0.1, 0.15) is 41.5 Å². The van der Waals surface area contributed by atoms with Gasteiger partial charge in [-0.05, 0) is 22.0 Å². The van der Waals surface area contributed by atoms with Gasteiger partial charge in [-0.2, -0.15) is 0 Å². The quantitative estimate of drug-likeness (QED) is 0.531. The predicted octanol–water partition coefficient (Wildman–Crippen LogP) is 5.06. The van der Waals surface area contributed by atoms with Crippen molar-refractivity contribution in [2.75, 3.05) is 0 Å². The maximum Gasteiger partial charge on any atom is -0.0132 e. The Morgan fingerprint density at radius 3 is 1.19 bits per heavy atom. The third-order valence-corrected chi connectivity index (χ3v) is 2.84. The second-order valence-corrected chi connectivity index (χ2v) is 6.46. The first kappa shape index (κ1) is 13.0. The van der Waals surface area contributed by atoms with Crippen molar-refractivity contribution >= 4 is 0 Å². The Morgan fingerprint density at radius 1 is 0.625 bits per heavy atom. The monoisotopic (exact) mass is 216 g/mol. The Balaban J connectivity index is 3.11. The van der Waals surface area contributed by atoms with Crippen molar-refractivity contribution in [3.8, 4) is 0 Å². The van der Waals surface area contributed by atoms with E-state index in [9.17, 15) is 0 Å². The zero-order valence-corrected chi connectivity index (χ0v) is 11.5. The van der Waals surface area contributed by atoms with Gasteiger partial charge in [0, 0.05) is 0 Å². The molecule has 0 unspecified atom stereocenters. The van der Waals surface area contributed by atoms with Crippen LogP contribution in [0.15, 0.2) is 47.6 Å². The summed E-state index contributed by atoms with van der Waals surface area (Å²) in [5, 5.41) is 0. The van der Waals surface area contributed by atoms with E-state index >= 15 is 0 Å². The van der Waals surface area contributed by atoms with Crippen LogP contribution in [0.5, 0.6) is 0 Å². The lowest BCUT2D eigenvalue weighted by atomic mass is 9.82. The number of hydrogen-bond acceptors (Lipinski definition) is 0. The molecule has 0 radical (unpaired) electrons. The van der Waals surface area contributed by atoms with Crippen LogP contribution in [0.3, 0.4) is 0 Å². The van der Waals surface area contributed by atoms with E-state index in [1.54, 1.807) is 0 Å². The van der Waals surface area contributed by atoms with Crippen LogP contribution in [0.4, 0.5) is 0 Å². The van der Waals surface area contributed by atoms with Crippen molar-refractivity contribution in [2.24, 2.45) is 10.8 Å². The molecule has 0 aromatic carbocycles. The topological polar surface area (TPSA) is 0 Å². The van der Waals surface area contributed by atoms with Crippen LogP contribution in [0.25, 0.3) is 0 Å². The second-order valence-electron chi connectivity index (χ2n) is 6.46. The molecule has 0 saturated carbocycles. The lowest BCUT2D eigenvalue weighted by molar-refractivity contribution is 0.511. The SMILES string of the molecule is CC(C)(C)C1=C/C=C(C(C)(C)C)\C=C/C=C\1. The van der Waals surface area contributed by atoms with Gasteiger partial charge >= 0.3 is 0 Å². The largest absolute Gasteiger partial charge is 0.0620 e. The van der Waals surface area contributed by atoms with Crippen LogP contribution < -0.4 is 0 Å². The summed E-state index contributed by atoms with van der Waals surface area (Å²) in [6.07, 6.45) is 13.2. The Morgan fingerprint density at radius 2 is 0.938 bits per heavy atom. The van der Waals surface area contributed by atoms with Crippen molar-refractivity contribution in [2.45, 2.75) is 41.5 Å². The molecule has 0 spiro atoms. The van der Waals surface area contributed by atoms with E-state index in [0.29, 0.717) is 0 Å². The van der Waals surface area contributed by atoms with E-state index in [2.05, 4.69) is 78.0 Å². The standard InChI is InChI=1S/C16H24/c1-15(2,3)13-9-7-8-10-14(12-11-13)16(4,5)6/h7-12H,1-6H3/b8-7?,9-7-,10-8-,12-11?,13-9?,13-11+,14-10?,14-12+. The third-order valence-electron chi connectivity index (χ3n) is 2.84. The van der Waals surface area contributed by atoms with Crippen molar-refractivity contribution < 1.29 is 0 Å². The van der Waals surface area contributed by atoms with E-state index in [1.807, 2.05) is 0 Å². The minimum atomic E-state index is 0.209. The van der Waals surface area contributed by atoms with Gasteiger partial charge in [0.2, 0.25) is 0 Å². The molecule has 1 rings (SSSR count). The highest BCUT2D eigenvalue weighted by Gasteiger charge is 2.17. The molecule has 0 fully saturated rings.